The molecule has 0 bridgehead atoms. The third-order valence-electron chi connectivity index (χ3n) is 4.18. The van der Waals surface area contributed by atoms with E-state index in [9.17, 15) is 4.79 Å². The molecule has 7 heteroatoms. The summed E-state index contributed by atoms with van der Waals surface area (Å²) in [5, 5.41) is 0. The first-order valence-electron chi connectivity index (χ1n) is 9.13. The molecule has 4 nitrogen and oxygen atoms in total. The number of rotatable bonds is 9. The lowest BCUT2D eigenvalue weighted by molar-refractivity contribution is -0.118. The Bertz CT molecular complexity index is 980. The summed E-state index contributed by atoms with van der Waals surface area (Å²) in [5.74, 6) is 0.856. The minimum Gasteiger partial charge on any atom is -0.383 e. The van der Waals surface area contributed by atoms with Gasteiger partial charge in [-0.05, 0) is 48.8 Å². The van der Waals surface area contributed by atoms with E-state index >= 15 is 0 Å². The molecule has 1 amide bonds. The maximum atomic E-state index is 12.4. The molecule has 1 aromatic heterocycles. The van der Waals surface area contributed by atoms with Crippen LogP contribution in [0.25, 0.3) is 10.2 Å². The van der Waals surface area contributed by atoms with Crippen molar-refractivity contribution >= 4 is 51.0 Å². The van der Waals surface area contributed by atoms with Gasteiger partial charge in [-0.1, -0.05) is 29.5 Å². The Hall–Kier alpha value is -1.54. The van der Waals surface area contributed by atoms with Crippen molar-refractivity contribution in [2.24, 2.45) is 4.99 Å². The van der Waals surface area contributed by atoms with Gasteiger partial charge < -0.3 is 9.30 Å². The molecule has 0 atom stereocenters. The number of nitrogens with zero attached hydrogens (tertiary/aromatic N) is 2. The lowest BCUT2D eigenvalue weighted by Crippen LogP contribution is -2.19. The smallest absolute Gasteiger partial charge is 0.248 e. The highest BCUT2D eigenvalue weighted by atomic mass is 32.2. The van der Waals surface area contributed by atoms with Gasteiger partial charge in [-0.25, -0.2) is 0 Å². The number of benzene rings is 2. The molecule has 0 saturated carbocycles. The number of fused-ring (bicyclic) bond motifs is 1. The van der Waals surface area contributed by atoms with Gasteiger partial charge in [0.1, 0.15) is 0 Å². The molecule has 0 aliphatic carbocycles. The normalized spacial score (nSPS) is 12.0. The van der Waals surface area contributed by atoms with E-state index < -0.39 is 0 Å². The quantitative estimate of drug-likeness (QED) is 0.350. The van der Waals surface area contributed by atoms with E-state index in [-0.39, 0.29) is 5.91 Å². The number of aromatic nitrogens is 1. The summed E-state index contributed by atoms with van der Waals surface area (Å²) in [5.41, 5.74) is 1.10. The first kappa shape index (κ1) is 21.2. The SMILES string of the molecule is COCCn1c(=NC(=O)CCCSc2ccccc2)sc2cc(SC)ccc21. The fourth-order valence-corrected chi connectivity index (χ4v) is 5.26. The molecule has 148 valence electrons. The second kappa shape index (κ2) is 10.9. The van der Waals surface area contributed by atoms with Gasteiger partial charge in [0.15, 0.2) is 4.80 Å². The number of ether oxygens (including phenoxy) is 1. The monoisotopic (exact) mass is 432 g/mol. The summed E-state index contributed by atoms with van der Waals surface area (Å²) in [6, 6.07) is 16.6. The summed E-state index contributed by atoms with van der Waals surface area (Å²) in [6.07, 6.45) is 3.35. The van der Waals surface area contributed by atoms with Gasteiger partial charge in [0.2, 0.25) is 5.91 Å². The van der Waals surface area contributed by atoms with Crippen LogP contribution in [0.1, 0.15) is 12.8 Å². The third kappa shape index (κ3) is 5.73. The fraction of sp³-hybridized carbons (Fsp3) is 0.333. The van der Waals surface area contributed by atoms with Gasteiger partial charge in [-0.15, -0.1) is 23.5 Å². The van der Waals surface area contributed by atoms with Crippen LogP contribution in [0.4, 0.5) is 0 Å². The Morgan fingerprint density at radius 3 is 2.75 bits per heavy atom. The summed E-state index contributed by atoms with van der Waals surface area (Å²) >= 11 is 5.06. The molecule has 0 aliphatic heterocycles. The summed E-state index contributed by atoms with van der Waals surface area (Å²) < 4.78 is 8.48. The fourth-order valence-electron chi connectivity index (χ4n) is 2.76. The molecule has 0 N–H and O–H groups in total. The minimum absolute atomic E-state index is 0.0588. The van der Waals surface area contributed by atoms with Crippen molar-refractivity contribution in [2.45, 2.75) is 29.2 Å². The van der Waals surface area contributed by atoms with Gasteiger partial charge in [0.05, 0.1) is 16.8 Å². The zero-order valence-electron chi connectivity index (χ0n) is 16.1. The van der Waals surface area contributed by atoms with Crippen LogP contribution < -0.4 is 4.80 Å². The highest BCUT2D eigenvalue weighted by Crippen LogP contribution is 2.24. The molecule has 28 heavy (non-hydrogen) atoms. The molecule has 0 spiro atoms. The van der Waals surface area contributed by atoms with Crippen molar-refractivity contribution in [1.29, 1.82) is 0 Å². The van der Waals surface area contributed by atoms with E-state index in [1.807, 2.05) is 18.2 Å². The third-order valence-corrected chi connectivity index (χ3v) is 7.04. The zero-order valence-corrected chi connectivity index (χ0v) is 18.5. The Morgan fingerprint density at radius 2 is 2.00 bits per heavy atom. The first-order chi connectivity index (χ1) is 13.7. The van der Waals surface area contributed by atoms with Crippen LogP contribution in [0.5, 0.6) is 0 Å². The Labute approximate surface area is 178 Å². The summed E-state index contributed by atoms with van der Waals surface area (Å²) in [6.45, 7) is 1.27. The number of hydrogen-bond acceptors (Lipinski definition) is 5. The van der Waals surface area contributed by atoms with E-state index in [0.717, 1.165) is 27.2 Å². The second-order valence-corrected chi connectivity index (χ2v) is 9.19. The summed E-state index contributed by atoms with van der Waals surface area (Å²) in [4.78, 5) is 20.1. The molecular weight excluding hydrogens is 408 g/mol. The van der Waals surface area contributed by atoms with Gasteiger partial charge in [-0.3, -0.25) is 4.79 Å². The number of methoxy groups -OCH3 is 1. The molecule has 0 unspecified atom stereocenters. The van der Waals surface area contributed by atoms with Gasteiger partial charge >= 0.3 is 0 Å². The van der Waals surface area contributed by atoms with Crippen molar-refractivity contribution in [1.82, 2.24) is 4.57 Å². The van der Waals surface area contributed by atoms with E-state index in [0.29, 0.717) is 19.6 Å². The van der Waals surface area contributed by atoms with E-state index in [1.165, 1.54) is 9.79 Å². The average Bonchev–Trinajstić information content (AvgIpc) is 3.06. The number of hydrogen-bond donors (Lipinski definition) is 0. The second-order valence-electron chi connectivity index (χ2n) is 6.13. The maximum absolute atomic E-state index is 12.4. The molecule has 0 fully saturated rings. The van der Waals surface area contributed by atoms with Crippen LogP contribution in [0.15, 0.2) is 63.3 Å². The van der Waals surface area contributed by atoms with Crippen LogP contribution in [0.3, 0.4) is 0 Å². The van der Waals surface area contributed by atoms with Crippen LogP contribution in [-0.2, 0) is 16.1 Å². The first-order valence-corrected chi connectivity index (χ1v) is 12.2. The zero-order chi connectivity index (χ0) is 19.8. The van der Waals surface area contributed by atoms with Crippen molar-refractivity contribution in [3.05, 3.63) is 53.3 Å². The maximum Gasteiger partial charge on any atom is 0.248 e. The Balaban J connectivity index is 1.71. The predicted octanol–water partition coefficient (Wildman–Crippen LogP) is 5.07. The van der Waals surface area contributed by atoms with Gasteiger partial charge in [0.25, 0.3) is 0 Å². The van der Waals surface area contributed by atoms with Crippen molar-refractivity contribution in [2.75, 3.05) is 25.7 Å². The van der Waals surface area contributed by atoms with E-state index in [4.69, 9.17) is 4.74 Å². The number of amides is 1. The van der Waals surface area contributed by atoms with Crippen LogP contribution in [0.2, 0.25) is 0 Å². The summed E-state index contributed by atoms with van der Waals surface area (Å²) in [7, 11) is 1.69. The standard InChI is InChI=1S/C21H24N2O2S3/c1-25-13-12-23-18-11-10-17(26-2)15-19(18)28-21(23)22-20(24)9-6-14-27-16-7-4-3-5-8-16/h3-5,7-8,10-11,15H,6,9,12-14H2,1-2H3. The predicted molar refractivity (Wildman–Crippen MR) is 120 cm³/mol. The molecule has 0 radical (unpaired) electrons. The van der Waals surface area contributed by atoms with Crippen LogP contribution in [0, 0.1) is 0 Å². The van der Waals surface area contributed by atoms with E-state index in [1.54, 1.807) is 42.0 Å². The highest BCUT2D eigenvalue weighted by Gasteiger charge is 2.09. The Kier molecular flexibility index (Phi) is 8.21. The Morgan fingerprint density at radius 1 is 1.18 bits per heavy atom. The lowest BCUT2D eigenvalue weighted by atomic mass is 10.3. The minimum atomic E-state index is -0.0588. The number of carbonyl (C=O) groups excluding carboxylic acids is 1. The molecule has 0 aliphatic rings. The van der Waals surface area contributed by atoms with Crippen molar-refractivity contribution in [3.8, 4) is 0 Å². The van der Waals surface area contributed by atoms with Crippen molar-refractivity contribution < 1.29 is 9.53 Å². The topological polar surface area (TPSA) is 43.6 Å². The van der Waals surface area contributed by atoms with Gasteiger partial charge in [0, 0.05) is 29.9 Å². The lowest BCUT2D eigenvalue weighted by Gasteiger charge is -2.04. The molecule has 2 aromatic carbocycles. The molecule has 1 heterocycles. The van der Waals surface area contributed by atoms with Gasteiger partial charge in [-0.2, -0.15) is 4.99 Å². The van der Waals surface area contributed by atoms with Crippen LogP contribution >= 0.6 is 34.9 Å². The molecular formula is C21H24N2O2S3. The average molecular weight is 433 g/mol. The number of thioether (sulfide) groups is 2. The van der Waals surface area contributed by atoms with E-state index in [2.05, 4.69) is 46.1 Å². The largest absolute Gasteiger partial charge is 0.383 e. The number of carbonyl (C=O) groups is 1. The highest BCUT2D eigenvalue weighted by molar-refractivity contribution is 7.99. The van der Waals surface area contributed by atoms with Crippen LogP contribution in [-0.4, -0.2) is 36.2 Å². The molecule has 0 saturated heterocycles. The molecule has 3 rings (SSSR count). The number of thiazole rings is 1. The molecule has 3 aromatic rings. The van der Waals surface area contributed by atoms with Crippen molar-refractivity contribution in [3.63, 3.8) is 0 Å².